The van der Waals surface area contributed by atoms with E-state index in [1.807, 2.05) is 0 Å². The Hall–Kier alpha value is -1.51. The number of halogens is 1. The number of hydrogen-bond acceptors (Lipinski definition) is 1. The molecule has 1 rings (SSSR count). The molecule has 1 aromatic rings. The second kappa shape index (κ2) is 3.94. The van der Waals surface area contributed by atoms with Gasteiger partial charge in [-0.3, -0.25) is 4.79 Å². The Bertz CT molecular complexity index is 433. The third-order valence-electron chi connectivity index (χ3n) is 1.58. The van der Waals surface area contributed by atoms with Gasteiger partial charge in [0.2, 0.25) is 0 Å². The average molecular weight is 233 g/mol. The molecule has 0 heterocycles. The average Bonchev–Trinajstić information content (AvgIpc) is 2.17. The van der Waals surface area contributed by atoms with Crippen LogP contribution in [0.2, 0.25) is 0 Å². The van der Waals surface area contributed by atoms with Gasteiger partial charge in [-0.25, -0.2) is 0 Å². The van der Waals surface area contributed by atoms with Crippen LogP contribution in [-0.4, -0.2) is 6.29 Å². The molecule has 0 spiro atoms. The third-order valence-corrected chi connectivity index (χ3v) is 2.23. The molecule has 0 atom stereocenters. The maximum absolute atomic E-state index is 10.6. The highest BCUT2D eigenvalue weighted by Crippen LogP contribution is 2.20. The van der Waals surface area contributed by atoms with Gasteiger partial charge in [0, 0.05) is 21.2 Å². The summed E-state index contributed by atoms with van der Waals surface area (Å²) in [5, 5.41) is 0. The van der Waals surface area contributed by atoms with Crippen LogP contribution in [0.15, 0.2) is 16.6 Å². The zero-order valence-corrected chi connectivity index (χ0v) is 8.26. The monoisotopic (exact) mass is 232 g/mol. The van der Waals surface area contributed by atoms with E-state index < -0.39 is 0 Å². The van der Waals surface area contributed by atoms with Crippen molar-refractivity contribution in [2.24, 2.45) is 0 Å². The SMILES string of the molecule is C#Cc1cc(C=O)c(C#C)cc1Br. The lowest BCUT2D eigenvalue weighted by Crippen LogP contribution is -1.90. The molecule has 0 amide bonds. The van der Waals surface area contributed by atoms with Gasteiger partial charge in [0.15, 0.2) is 6.29 Å². The van der Waals surface area contributed by atoms with Crippen molar-refractivity contribution in [3.8, 4) is 24.7 Å². The predicted octanol–water partition coefficient (Wildman–Crippen LogP) is 2.22. The lowest BCUT2D eigenvalue weighted by atomic mass is 10.1. The van der Waals surface area contributed by atoms with Crippen LogP contribution in [0.1, 0.15) is 21.5 Å². The van der Waals surface area contributed by atoms with Gasteiger partial charge in [-0.2, -0.15) is 0 Å². The first-order chi connectivity index (χ1) is 6.22. The second-order valence-corrected chi connectivity index (χ2v) is 3.18. The zero-order chi connectivity index (χ0) is 9.84. The van der Waals surface area contributed by atoms with Gasteiger partial charge in [0.05, 0.1) is 0 Å². The summed E-state index contributed by atoms with van der Waals surface area (Å²) in [6.07, 6.45) is 11.1. The Labute approximate surface area is 85.3 Å². The minimum absolute atomic E-state index is 0.443. The summed E-state index contributed by atoms with van der Waals surface area (Å²) in [7, 11) is 0. The summed E-state index contributed by atoms with van der Waals surface area (Å²) in [4.78, 5) is 10.6. The van der Waals surface area contributed by atoms with E-state index in [4.69, 9.17) is 12.8 Å². The van der Waals surface area contributed by atoms with Crippen molar-refractivity contribution < 1.29 is 4.79 Å². The molecule has 62 valence electrons. The van der Waals surface area contributed by atoms with Gasteiger partial charge in [0.1, 0.15) is 0 Å². The van der Waals surface area contributed by atoms with Gasteiger partial charge >= 0.3 is 0 Å². The summed E-state index contributed by atoms with van der Waals surface area (Å²) in [5.74, 6) is 4.86. The predicted molar refractivity (Wildman–Crippen MR) is 55.4 cm³/mol. The molecule has 0 unspecified atom stereocenters. The van der Waals surface area contributed by atoms with Crippen LogP contribution in [0.4, 0.5) is 0 Å². The van der Waals surface area contributed by atoms with E-state index >= 15 is 0 Å². The van der Waals surface area contributed by atoms with Crippen LogP contribution >= 0.6 is 15.9 Å². The van der Waals surface area contributed by atoms with Crippen molar-refractivity contribution in [2.45, 2.75) is 0 Å². The lowest BCUT2D eigenvalue weighted by molar-refractivity contribution is 0.112. The number of aldehydes is 1. The van der Waals surface area contributed by atoms with Gasteiger partial charge < -0.3 is 0 Å². The van der Waals surface area contributed by atoms with Gasteiger partial charge in [0.25, 0.3) is 0 Å². The quantitative estimate of drug-likeness (QED) is 0.537. The molecule has 1 nitrogen and oxygen atoms in total. The highest BCUT2D eigenvalue weighted by atomic mass is 79.9. The Morgan fingerprint density at radius 2 is 1.85 bits per heavy atom. The molecule has 0 radical (unpaired) electrons. The molecule has 0 aliphatic rings. The standard InChI is InChI=1S/C11H5BrO/c1-3-8-6-11(12)9(4-2)5-10(8)7-13/h1-2,5-7H. The molecule has 2 heteroatoms. The number of terminal acetylenes is 2. The van der Waals surface area contributed by atoms with E-state index in [1.165, 1.54) is 0 Å². The van der Waals surface area contributed by atoms with Gasteiger partial charge in [-0.15, -0.1) is 12.8 Å². The Morgan fingerprint density at radius 3 is 2.31 bits per heavy atom. The summed E-state index contributed by atoms with van der Waals surface area (Å²) in [6.45, 7) is 0. The van der Waals surface area contributed by atoms with Gasteiger partial charge in [-0.1, -0.05) is 11.8 Å². The number of benzene rings is 1. The second-order valence-electron chi connectivity index (χ2n) is 2.33. The molecule has 0 bridgehead atoms. The zero-order valence-electron chi connectivity index (χ0n) is 6.67. The molecule has 0 fully saturated rings. The van der Waals surface area contributed by atoms with Crippen molar-refractivity contribution >= 4 is 22.2 Å². The van der Waals surface area contributed by atoms with E-state index in [2.05, 4.69) is 27.8 Å². The Morgan fingerprint density at radius 1 is 1.23 bits per heavy atom. The summed E-state index contributed by atoms with van der Waals surface area (Å²) in [5.41, 5.74) is 1.61. The minimum Gasteiger partial charge on any atom is -0.298 e. The first kappa shape index (κ1) is 9.58. The molecule has 1 aromatic carbocycles. The van der Waals surface area contributed by atoms with Crippen molar-refractivity contribution in [1.29, 1.82) is 0 Å². The number of carbonyl (C=O) groups is 1. The molecule has 0 aromatic heterocycles. The normalized spacial score (nSPS) is 8.54. The van der Waals surface area contributed by atoms with Crippen LogP contribution in [0.3, 0.4) is 0 Å². The van der Waals surface area contributed by atoms with E-state index in [9.17, 15) is 4.79 Å². The maximum atomic E-state index is 10.6. The van der Waals surface area contributed by atoms with Crippen LogP contribution in [0.25, 0.3) is 0 Å². The van der Waals surface area contributed by atoms with Crippen LogP contribution in [-0.2, 0) is 0 Å². The fraction of sp³-hybridized carbons (Fsp3) is 0. The molecular formula is C11H5BrO. The van der Waals surface area contributed by atoms with E-state index in [0.717, 1.165) is 4.47 Å². The summed E-state index contributed by atoms with van der Waals surface area (Å²) < 4.78 is 0.730. The van der Waals surface area contributed by atoms with Crippen LogP contribution in [0, 0.1) is 24.7 Å². The fourth-order valence-corrected chi connectivity index (χ4v) is 1.38. The Balaban J connectivity index is 3.48. The Kier molecular flexibility index (Phi) is 2.90. The molecule has 0 aliphatic carbocycles. The van der Waals surface area contributed by atoms with E-state index in [1.54, 1.807) is 12.1 Å². The molecule has 0 saturated heterocycles. The van der Waals surface area contributed by atoms with Crippen molar-refractivity contribution in [2.75, 3.05) is 0 Å². The first-order valence-corrected chi connectivity index (χ1v) is 4.24. The summed E-state index contributed by atoms with van der Waals surface area (Å²) in [6, 6.07) is 3.26. The maximum Gasteiger partial charge on any atom is 0.151 e. The highest BCUT2D eigenvalue weighted by molar-refractivity contribution is 9.10. The van der Waals surface area contributed by atoms with E-state index in [0.29, 0.717) is 23.0 Å². The smallest absolute Gasteiger partial charge is 0.151 e. The fourth-order valence-electron chi connectivity index (χ4n) is 0.923. The minimum atomic E-state index is 0.443. The van der Waals surface area contributed by atoms with Crippen LogP contribution < -0.4 is 0 Å². The van der Waals surface area contributed by atoms with Crippen molar-refractivity contribution in [3.63, 3.8) is 0 Å². The van der Waals surface area contributed by atoms with Crippen molar-refractivity contribution in [1.82, 2.24) is 0 Å². The largest absolute Gasteiger partial charge is 0.298 e. The number of rotatable bonds is 1. The third kappa shape index (κ3) is 1.80. The lowest BCUT2D eigenvalue weighted by Gasteiger charge is -2.00. The molecule has 0 saturated carbocycles. The molecule has 13 heavy (non-hydrogen) atoms. The molecular weight excluding hydrogens is 228 g/mol. The summed E-state index contributed by atoms with van der Waals surface area (Å²) >= 11 is 3.26. The first-order valence-electron chi connectivity index (χ1n) is 3.45. The number of hydrogen-bond donors (Lipinski definition) is 0. The highest BCUT2D eigenvalue weighted by Gasteiger charge is 2.04. The topological polar surface area (TPSA) is 17.1 Å². The molecule has 0 aliphatic heterocycles. The number of carbonyl (C=O) groups excluding carboxylic acids is 1. The molecule has 0 N–H and O–H groups in total. The van der Waals surface area contributed by atoms with E-state index in [-0.39, 0.29) is 0 Å². The van der Waals surface area contributed by atoms with Gasteiger partial charge in [-0.05, 0) is 28.1 Å². The van der Waals surface area contributed by atoms with Crippen molar-refractivity contribution in [3.05, 3.63) is 33.3 Å². The van der Waals surface area contributed by atoms with Crippen LogP contribution in [0.5, 0.6) is 0 Å².